The van der Waals surface area contributed by atoms with E-state index < -0.39 is 46.8 Å². The van der Waals surface area contributed by atoms with Crippen LogP contribution in [0.15, 0.2) is 23.0 Å². The molecule has 2 heterocycles. The van der Waals surface area contributed by atoms with Crippen LogP contribution in [0.2, 0.25) is 0 Å². The lowest BCUT2D eigenvalue weighted by atomic mass is 9.43. The molecule has 2 saturated carbocycles. The number of cyclic esters (lactones) is 1. The van der Waals surface area contributed by atoms with Crippen molar-refractivity contribution in [3.05, 3.63) is 24.2 Å². The number of ketones is 1. The van der Waals surface area contributed by atoms with Crippen LogP contribution in [0.5, 0.6) is 0 Å². The van der Waals surface area contributed by atoms with Gasteiger partial charge in [-0.3, -0.25) is 14.4 Å². The summed E-state index contributed by atoms with van der Waals surface area (Å²) >= 11 is 0. The van der Waals surface area contributed by atoms with Crippen LogP contribution in [0.25, 0.3) is 0 Å². The molecule has 156 valence electrons. The largest absolute Gasteiger partial charge is 0.472 e. The van der Waals surface area contributed by atoms with Crippen LogP contribution < -0.4 is 0 Å². The smallest absolute Gasteiger partial charge is 0.310 e. The van der Waals surface area contributed by atoms with Crippen molar-refractivity contribution in [1.29, 1.82) is 0 Å². The van der Waals surface area contributed by atoms with E-state index in [1.54, 1.807) is 12.3 Å². The molecule has 0 unspecified atom stereocenters. The second-order valence-electron chi connectivity index (χ2n) is 9.20. The van der Waals surface area contributed by atoms with E-state index in [0.717, 1.165) is 11.8 Å². The van der Waals surface area contributed by atoms with Crippen molar-refractivity contribution in [3.8, 4) is 0 Å². The maximum Gasteiger partial charge on any atom is 0.310 e. The van der Waals surface area contributed by atoms with Gasteiger partial charge in [0.1, 0.15) is 12.4 Å². The molecule has 1 aliphatic heterocycles. The fraction of sp³-hybridized carbons (Fsp3) is 0.636. The monoisotopic (exact) mass is 402 g/mol. The lowest BCUT2D eigenvalue weighted by Gasteiger charge is -2.60. The average Bonchev–Trinajstić information content (AvgIpc) is 3.17. The zero-order valence-corrected chi connectivity index (χ0v) is 16.9. The molecule has 3 fully saturated rings. The Morgan fingerprint density at radius 2 is 2.03 bits per heavy atom. The standard InChI is InChI=1S/C22H26O7/c1-12(24)28-16-8-14(10-23)21(2)6-4-15-20(26)29-17(13-5-7-27-11-13)9-22(15,3)19(21)18(16)25/h5,7,10-11,14-17,19H,4,6,8-9H2,1-3H3/t14-,15-,16-,17-,19-,21-,22-/m0/s1. The van der Waals surface area contributed by atoms with Crippen LogP contribution in [0, 0.1) is 28.6 Å². The normalized spacial score (nSPS) is 41.7. The fourth-order valence-corrected chi connectivity index (χ4v) is 6.21. The number of aldehydes is 1. The molecule has 0 aromatic carbocycles. The SMILES string of the molecule is CC(=O)O[C@H]1C[C@@H](C=O)[C@]2(C)CC[C@H]3C(=O)O[C@H](c4ccoc4)C[C@]3(C)[C@H]2C1=O. The summed E-state index contributed by atoms with van der Waals surface area (Å²) in [5.41, 5.74) is -0.544. The highest BCUT2D eigenvalue weighted by Crippen LogP contribution is 2.64. The summed E-state index contributed by atoms with van der Waals surface area (Å²) in [6.07, 6.45) is 4.27. The summed E-state index contributed by atoms with van der Waals surface area (Å²) in [5.74, 6) is -2.49. The van der Waals surface area contributed by atoms with Gasteiger partial charge in [-0.25, -0.2) is 0 Å². The first-order valence-electron chi connectivity index (χ1n) is 10.1. The van der Waals surface area contributed by atoms with Crippen LogP contribution in [-0.4, -0.2) is 30.1 Å². The Hall–Kier alpha value is -2.44. The van der Waals surface area contributed by atoms with Gasteiger partial charge in [-0.05, 0) is 36.2 Å². The zero-order valence-electron chi connectivity index (χ0n) is 16.9. The number of ether oxygens (including phenoxy) is 2. The van der Waals surface area contributed by atoms with Gasteiger partial charge in [-0.15, -0.1) is 0 Å². The lowest BCUT2D eigenvalue weighted by molar-refractivity contribution is -0.206. The molecule has 0 amide bonds. The van der Waals surface area contributed by atoms with Gasteiger partial charge in [0, 0.05) is 30.7 Å². The van der Waals surface area contributed by atoms with Gasteiger partial charge in [0.2, 0.25) is 0 Å². The number of carbonyl (C=O) groups is 4. The van der Waals surface area contributed by atoms with Crippen molar-refractivity contribution in [3.63, 3.8) is 0 Å². The van der Waals surface area contributed by atoms with E-state index in [1.165, 1.54) is 13.2 Å². The van der Waals surface area contributed by atoms with Crippen molar-refractivity contribution < 1.29 is 33.1 Å². The van der Waals surface area contributed by atoms with Crippen LogP contribution in [-0.2, 0) is 28.7 Å². The molecule has 4 rings (SSSR count). The maximum absolute atomic E-state index is 13.6. The minimum Gasteiger partial charge on any atom is -0.472 e. The van der Waals surface area contributed by atoms with Gasteiger partial charge in [0.25, 0.3) is 0 Å². The summed E-state index contributed by atoms with van der Waals surface area (Å²) in [7, 11) is 0. The topological polar surface area (TPSA) is 99.9 Å². The number of esters is 2. The molecule has 3 aliphatic rings. The molecule has 1 aromatic heterocycles. The van der Waals surface area contributed by atoms with Crippen LogP contribution in [0.4, 0.5) is 0 Å². The molecule has 2 aliphatic carbocycles. The number of furan rings is 1. The Balaban J connectivity index is 1.77. The van der Waals surface area contributed by atoms with Crippen LogP contribution in [0.3, 0.4) is 0 Å². The van der Waals surface area contributed by atoms with Crippen molar-refractivity contribution in [2.24, 2.45) is 28.6 Å². The molecule has 0 spiro atoms. The molecule has 0 N–H and O–H groups in total. The number of Topliss-reactive ketones (excluding diaryl/α,β-unsaturated/α-hetero) is 1. The Morgan fingerprint density at radius 3 is 2.66 bits per heavy atom. The minimum atomic E-state index is -0.957. The molecular formula is C22H26O7. The van der Waals surface area contributed by atoms with Gasteiger partial charge in [-0.1, -0.05) is 13.8 Å². The summed E-state index contributed by atoms with van der Waals surface area (Å²) < 4.78 is 16.1. The molecule has 7 atom stereocenters. The van der Waals surface area contributed by atoms with Gasteiger partial charge in [0.15, 0.2) is 11.9 Å². The molecule has 0 radical (unpaired) electrons. The third-order valence-corrected chi connectivity index (χ3v) is 7.56. The highest BCUT2D eigenvalue weighted by Gasteiger charge is 2.66. The first-order valence-corrected chi connectivity index (χ1v) is 10.1. The Labute approximate surface area is 169 Å². The van der Waals surface area contributed by atoms with Crippen LogP contribution in [0.1, 0.15) is 58.1 Å². The van der Waals surface area contributed by atoms with E-state index in [4.69, 9.17) is 13.9 Å². The maximum atomic E-state index is 13.6. The van der Waals surface area contributed by atoms with Crippen LogP contribution >= 0.6 is 0 Å². The number of rotatable bonds is 3. The lowest BCUT2D eigenvalue weighted by Crippen LogP contribution is -2.64. The van der Waals surface area contributed by atoms with Crippen molar-refractivity contribution in [2.45, 2.75) is 58.7 Å². The van der Waals surface area contributed by atoms with Crippen molar-refractivity contribution in [1.82, 2.24) is 0 Å². The summed E-state index contributed by atoms with van der Waals surface area (Å²) in [5, 5.41) is 0. The first-order chi connectivity index (χ1) is 13.7. The second-order valence-corrected chi connectivity index (χ2v) is 9.20. The Bertz CT molecular complexity index is 843. The molecular weight excluding hydrogens is 376 g/mol. The number of hydrogen-bond acceptors (Lipinski definition) is 7. The third-order valence-electron chi connectivity index (χ3n) is 7.56. The molecule has 1 saturated heterocycles. The van der Waals surface area contributed by atoms with E-state index in [0.29, 0.717) is 19.3 Å². The number of fused-ring (bicyclic) bond motifs is 3. The summed E-state index contributed by atoms with van der Waals surface area (Å²) in [6.45, 7) is 5.17. The molecule has 29 heavy (non-hydrogen) atoms. The predicted octanol–water partition coefficient (Wildman–Crippen LogP) is 3.03. The highest BCUT2D eigenvalue weighted by atomic mass is 16.6. The fourth-order valence-electron chi connectivity index (χ4n) is 6.21. The number of hydrogen-bond donors (Lipinski definition) is 0. The summed E-state index contributed by atoms with van der Waals surface area (Å²) in [6, 6.07) is 1.75. The quantitative estimate of drug-likeness (QED) is 0.566. The zero-order chi connectivity index (χ0) is 21.0. The Kier molecular flexibility index (Phi) is 4.67. The molecule has 7 nitrogen and oxygen atoms in total. The van der Waals surface area contributed by atoms with Gasteiger partial charge < -0.3 is 18.7 Å². The number of carbonyl (C=O) groups excluding carboxylic acids is 4. The first kappa shape index (κ1) is 19.9. The van der Waals surface area contributed by atoms with E-state index in [-0.39, 0.29) is 18.2 Å². The van der Waals surface area contributed by atoms with E-state index in [2.05, 4.69) is 0 Å². The second kappa shape index (κ2) is 6.82. The van der Waals surface area contributed by atoms with Crippen molar-refractivity contribution >= 4 is 24.0 Å². The van der Waals surface area contributed by atoms with E-state index in [9.17, 15) is 19.2 Å². The average molecular weight is 402 g/mol. The summed E-state index contributed by atoms with van der Waals surface area (Å²) in [4.78, 5) is 50.0. The third kappa shape index (κ3) is 2.93. The van der Waals surface area contributed by atoms with E-state index >= 15 is 0 Å². The highest BCUT2D eigenvalue weighted by molar-refractivity contribution is 5.92. The molecule has 7 heteroatoms. The van der Waals surface area contributed by atoms with Gasteiger partial charge in [-0.2, -0.15) is 0 Å². The Morgan fingerprint density at radius 1 is 1.28 bits per heavy atom. The molecule has 0 bridgehead atoms. The molecule has 1 aromatic rings. The van der Waals surface area contributed by atoms with Gasteiger partial charge in [0.05, 0.1) is 18.4 Å². The van der Waals surface area contributed by atoms with Gasteiger partial charge >= 0.3 is 11.9 Å². The van der Waals surface area contributed by atoms with Crippen molar-refractivity contribution in [2.75, 3.05) is 0 Å². The predicted molar refractivity (Wildman–Crippen MR) is 99.3 cm³/mol. The van der Waals surface area contributed by atoms with E-state index in [1.807, 2.05) is 13.8 Å². The minimum absolute atomic E-state index is 0.186.